The van der Waals surface area contributed by atoms with Gasteiger partial charge in [-0.15, -0.1) is 0 Å². The van der Waals surface area contributed by atoms with Crippen LogP contribution in [0.1, 0.15) is 64.7 Å². The van der Waals surface area contributed by atoms with Gasteiger partial charge < -0.3 is 14.9 Å². The van der Waals surface area contributed by atoms with Gasteiger partial charge in [-0.25, -0.2) is 4.79 Å². The second kappa shape index (κ2) is 10.5. The number of carboxylic acid groups (broad SMARTS) is 1. The van der Waals surface area contributed by atoms with Gasteiger partial charge in [-0.1, -0.05) is 71.9 Å². The van der Waals surface area contributed by atoms with Crippen molar-refractivity contribution in [3.05, 3.63) is 59.2 Å². The fourth-order valence-electron chi connectivity index (χ4n) is 2.81. The molecule has 2 rings (SSSR count). The van der Waals surface area contributed by atoms with Crippen molar-refractivity contribution in [1.82, 2.24) is 0 Å². The number of aromatic hydroxyl groups is 1. The third kappa shape index (κ3) is 8.46. The lowest BCUT2D eigenvalue weighted by Crippen LogP contribution is -2.18. The number of ether oxygens (including phenoxy) is 1. The monoisotopic (exact) mass is 434 g/mol. The highest BCUT2D eigenvalue weighted by Crippen LogP contribution is 2.39. The number of phenolic OH excluding ortho intramolecular Hbond substituents is 1. The summed E-state index contributed by atoms with van der Waals surface area (Å²) in [6.07, 6.45) is 0.597. The highest BCUT2D eigenvalue weighted by molar-refractivity contribution is 6.61. The van der Waals surface area contributed by atoms with Crippen molar-refractivity contribution >= 4 is 23.0 Å². The lowest BCUT2D eigenvalue weighted by atomic mass is 9.78. The minimum atomic E-state index is -0.814. The number of aryl methyl sites for hydroxylation is 1. The number of carbonyl (C=O) groups is 2. The van der Waals surface area contributed by atoms with Gasteiger partial charge in [0.25, 0.3) is 0 Å². The summed E-state index contributed by atoms with van der Waals surface area (Å²) in [5, 5.41) is 19.4. The van der Waals surface area contributed by atoms with E-state index in [0.717, 1.165) is 16.7 Å². The molecule has 0 aliphatic rings. The number of aliphatic carboxylic acids is 1. The summed E-state index contributed by atoms with van der Waals surface area (Å²) < 4.78 is 4.54. The maximum absolute atomic E-state index is 10.8. The fraction of sp³-hybridized carbons (Fsp3) is 0.417. The molecule has 0 saturated heterocycles. The predicted octanol–water partition coefficient (Wildman–Crippen LogP) is 6.43. The molecule has 0 fully saturated rings. The third-order valence-corrected chi connectivity index (χ3v) is 4.43. The van der Waals surface area contributed by atoms with Gasteiger partial charge in [0.1, 0.15) is 11.5 Å². The molecule has 164 valence electrons. The Morgan fingerprint density at radius 3 is 1.77 bits per heavy atom. The largest absolute Gasteiger partial charge is 0.507 e. The van der Waals surface area contributed by atoms with E-state index in [1.165, 1.54) is 0 Å². The average molecular weight is 435 g/mol. The number of carboxylic acids is 1. The van der Waals surface area contributed by atoms with E-state index in [0.29, 0.717) is 17.9 Å². The van der Waals surface area contributed by atoms with Crippen molar-refractivity contribution in [3.63, 3.8) is 0 Å². The third-order valence-electron chi connectivity index (χ3n) is 4.35. The molecule has 5 nitrogen and oxygen atoms in total. The van der Waals surface area contributed by atoms with Gasteiger partial charge in [0, 0.05) is 18.0 Å². The van der Waals surface area contributed by atoms with Crippen LogP contribution >= 0.6 is 11.6 Å². The number of hydrogen-bond acceptors (Lipinski definition) is 4. The van der Waals surface area contributed by atoms with E-state index >= 15 is 0 Å². The molecule has 0 aliphatic carbocycles. The van der Waals surface area contributed by atoms with Gasteiger partial charge in [0.15, 0.2) is 0 Å². The first-order chi connectivity index (χ1) is 13.7. The van der Waals surface area contributed by atoms with E-state index in [4.69, 9.17) is 16.7 Å². The zero-order valence-corrected chi connectivity index (χ0v) is 19.2. The molecule has 0 heterocycles. The van der Waals surface area contributed by atoms with E-state index in [1.54, 1.807) is 24.3 Å². The van der Waals surface area contributed by atoms with Gasteiger partial charge in [0.2, 0.25) is 0 Å². The zero-order chi connectivity index (χ0) is 23.1. The average Bonchev–Trinajstić information content (AvgIpc) is 2.59. The van der Waals surface area contributed by atoms with Crippen LogP contribution in [-0.2, 0) is 22.0 Å². The number of para-hydroxylation sites is 1. The first-order valence-corrected chi connectivity index (χ1v) is 10.1. The Balaban J connectivity index is 0.000000375. The molecule has 0 unspecified atom stereocenters. The SMILES string of the molecule is CC(C)(C)c1cc(CCC(=O)O)cc(C(C)(C)C)c1O.O=C(Cl)Oc1ccccc1. The van der Waals surface area contributed by atoms with E-state index in [9.17, 15) is 14.7 Å². The number of phenols is 1. The molecule has 0 radical (unpaired) electrons. The van der Waals surface area contributed by atoms with Crippen LogP contribution in [0.25, 0.3) is 0 Å². The number of hydrogen-bond donors (Lipinski definition) is 2. The topological polar surface area (TPSA) is 83.8 Å². The van der Waals surface area contributed by atoms with Crippen LogP contribution < -0.4 is 4.74 Å². The van der Waals surface area contributed by atoms with Crippen molar-refractivity contribution in [3.8, 4) is 11.5 Å². The van der Waals surface area contributed by atoms with E-state index < -0.39 is 11.4 Å². The predicted molar refractivity (Wildman–Crippen MR) is 120 cm³/mol. The summed E-state index contributed by atoms with van der Waals surface area (Å²) in [4.78, 5) is 20.9. The molecule has 30 heavy (non-hydrogen) atoms. The Labute approximate surface area is 183 Å². The summed E-state index contributed by atoms with van der Waals surface area (Å²) in [6.45, 7) is 12.3. The maximum Gasteiger partial charge on any atom is 0.409 e. The number of carbonyl (C=O) groups excluding carboxylic acids is 1. The Hall–Kier alpha value is -2.53. The highest BCUT2D eigenvalue weighted by Gasteiger charge is 2.26. The molecule has 2 aromatic rings. The minimum Gasteiger partial charge on any atom is -0.507 e. The fourth-order valence-corrected chi connectivity index (χ4v) is 2.90. The first kappa shape index (κ1) is 25.5. The number of halogens is 1. The normalized spacial score (nSPS) is 11.3. The summed E-state index contributed by atoms with van der Waals surface area (Å²) in [6, 6.07) is 12.5. The van der Waals surface area contributed by atoms with Crippen molar-refractivity contribution < 1.29 is 24.5 Å². The van der Waals surface area contributed by atoms with Crippen molar-refractivity contribution in [2.45, 2.75) is 65.2 Å². The first-order valence-electron chi connectivity index (χ1n) is 9.73. The minimum absolute atomic E-state index is 0.109. The molecule has 2 N–H and O–H groups in total. The number of benzene rings is 2. The van der Waals surface area contributed by atoms with Crippen LogP contribution in [0.15, 0.2) is 42.5 Å². The van der Waals surface area contributed by atoms with Crippen LogP contribution in [0, 0.1) is 0 Å². The van der Waals surface area contributed by atoms with Crippen molar-refractivity contribution in [1.29, 1.82) is 0 Å². The summed E-state index contributed by atoms with van der Waals surface area (Å²) in [5.74, 6) is -0.000678. The van der Waals surface area contributed by atoms with E-state index in [1.807, 2.05) is 18.2 Å². The molecule has 2 aromatic carbocycles. The van der Waals surface area contributed by atoms with Crippen LogP contribution in [0.2, 0.25) is 0 Å². The molecule has 0 saturated carbocycles. The molecule has 0 aliphatic heterocycles. The molecule has 0 bridgehead atoms. The summed E-state index contributed by atoms with van der Waals surface area (Å²) in [5.41, 5.74) is 1.56. The Morgan fingerprint density at radius 1 is 0.933 bits per heavy atom. The Bertz CT molecular complexity index is 826. The highest BCUT2D eigenvalue weighted by atomic mass is 35.5. The molecule has 6 heteroatoms. The molecular weight excluding hydrogens is 404 g/mol. The number of rotatable bonds is 4. The van der Waals surface area contributed by atoms with Gasteiger partial charge >= 0.3 is 11.4 Å². The molecular formula is C24H31ClO5. The van der Waals surface area contributed by atoms with E-state index in [-0.39, 0.29) is 17.3 Å². The molecule has 0 spiro atoms. The standard InChI is InChI=1S/C17H26O3.C7H5ClO2/c1-16(2,3)12-9-11(7-8-14(18)19)10-13(15(12)20)17(4,5)6;8-7(9)10-6-4-2-1-3-5-6/h9-10,20H,7-8H2,1-6H3,(H,18,19);1-5H. The lowest BCUT2D eigenvalue weighted by Gasteiger charge is -2.28. The zero-order valence-electron chi connectivity index (χ0n) is 18.5. The van der Waals surface area contributed by atoms with Crippen LogP contribution in [0.3, 0.4) is 0 Å². The van der Waals surface area contributed by atoms with Gasteiger partial charge in [-0.2, -0.15) is 0 Å². The smallest absolute Gasteiger partial charge is 0.409 e. The quantitative estimate of drug-likeness (QED) is 0.541. The summed E-state index contributed by atoms with van der Waals surface area (Å²) >= 11 is 4.95. The second-order valence-corrected chi connectivity index (χ2v) is 9.39. The second-order valence-electron chi connectivity index (χ2n) is 9.09. The van der Waals surface area contributed by atoms with Gasteiger partial charge in [-0.3, -0.25) is 4.79 Å². The van der Waals surface area contributed by atoms with Crippen molar-refractivity contribution in [2.75, 3.05) is 0 Å². The van der Waals surface area contributed by atoms with Crippen LogP contribution in [0.5, 0.6) is 11.5 Å². The Kier molecular flexibility index (Phi) is 8.91. The molecule has 0 atom stereocenters. The lowest BCUT2D eigenvalue weighted by molar-refractivity contribution is -0.136. The maximum atomic E-state index is 10.8. The molecule has 0 aromatic heterocycles. The van der Waals surface area contributed by atoms with Gasteiger partial charge in [0.05, 0.1) is 0 Å². The van der Waals surface area contributed by atoms with Crippen molar-refractivity contribution in [2.24, 2.45) is 0 Å². The Morgan fingerprint density at radius 2 is 1.40 bits per heavy atom. The van der Waals surface area contributed by atoms with E-state index in [2.05, 4.69) is 46.3 Å². The van der Waals surface area contributed by atoms with Crippen LogP contribution in [-0.4, -0.2) is 21.6 Å². The van der Waals surface area contributed by atoms with Gasteiger partial charge in [-0.05, 0) is 46.1 Å². The summed E-state index contributed by atoms with van der Waals surface area (Å²) in [7, 11) is 0. The van der Waals surface area contributed by atoms with Crippen LogP contribution in [0.4, 0.5) is 4.79 Å². The molecule has 0 amide bonds.